The standard InChI is InChI=1S/C7H5F3OS/c8-5-3-4(12)1-2-6(5)11-7(9)10/h1-3,7,12H. The van der Waals surface area contributed by atoms with E-state index in [0.29, 0.717) is 4.90 Å². The highest BCUT2D eigenvalue weighted by atomic mass is 32.1. The van der Waals surface area contributed by atoms with Gasteiger partial charge >= 0.3 is 6.61 Å². The van der Waals surface area contributed by atoms with E-state index in [-0.39, 0.29) is 0 Å². The summed E-state index contributed by atoms with van der Waals surface area (Å²) < 4.78 is 39.7. The van der Waals surface area contributed by atoms with Crippen molar-refractivity contribution >= 4 is 12.6 Å². The lowest BCUT2D eigenvalue weighted by Gasteiger charge is -2.04. The van der Waals surface area contributed by atoms with E-state index in [2.05, 4.69) is 17.4 Å². The van der Waals surface area contributed by atoms with Gasteiger partial charge in [0.2, 0.25) is 0 Å². The first-order chi connectivity index (χ1) is 5.59. The molecule has 0 spiro atoms. The summed E-state index contributed by atoms with van der Waals surface area (Å²) in [7, 11) is 0. The van der Waals surface area contributed by atoms with Crippen LogP contribution in [0.1, 0.15) is 0 Å². The van der Waals surface area contributed by atoms with Crippen molar-refractivity contribution in [2.45, 2.75) is 11.5 Å². The van der Waals surface area contributed by atoms with Crippen molar-refractivity contribution in [1.82, 2.24) is 0 Å². The van der Waals surface area contributed by atoms with Gasteiger partial charge in [-0.1, -0.05) is 0 Å². The Morgan fingerprint density at radius 2 is 2.00 bits per heavy atom. The van der Waals surface area contributed by atoms with Crippen molar-refractivity contribution < 1.29 is 17.9 Å². The van der Waals surface area contributed by atoms with Crippen molar-refractivity contribution in [1.29, 1.82) is 0 Å². The molecule has 0 saturated heterocycles. The maximum absolute atomic E-state index is 12.7. The summed E-state index contributed by atoms with van der Waals surface area (Å²) in [4.78, 5) is 0.356. The Labute approximate surface area is 72.6 Å². The SMILES string of the molecule is Fc1cc(S)ccc1OC(F)F. The lowest BCUT2D eigenvalue weighted by Crippen LogP contribution is -2.03. The van der Waals surface area contributed by atoms with Crippen LogP contribution in [-0.4, -0.2) is 6.61 Å². The Morgan fingerprint density at radius 3 is 2.50 bits per heavy atom. The number of benzene rings is 1. The van der Waals surface area contributed by atoms with Gasteiger partial charge in [0.25, 0.3) is 0 Å². The second-order valence-electron chi connectivity index (χ2n) is 1.99. The van der Waals surface area contributed by atoms with Crippen LogP contribution in [0, 0.1) is 5.82 Å². The van der Waals surface area contributed by atoms with Gasteiger partial charge in [-0.2, -0.15) is 8.78 Å². The first kappa shape index (κ1) is 9.25. The van der Waals surface area contributed by atoms with Gasteiger partial charge in [0.15, 0.2) is 11.6 Å². The van der Waals surface area contributed by atoms with Crippen LogP contribution >= 0.6 is 12.6 Å². The molecule has 0 aliphatic rings. The Morgan fingerprint density at radius 1 is 1.33 bits per heavy atom. The molecule has 5 heteroatoms. The summed E-state index contributed by atoms with van der Waals surface area (Å²) in [5.74, 6) is -1.31. The van der Waals surface area contributed by atoms with Gasteiger partial charge in [-0.05, 0) is 18.2 Å². The molecule has 0 fully saturated rings. The zero-order valence-corrected chi connectivity index (χ0v) is 6.69. The highest BCUT2D eigenvalue weighted by molar-refractivity contribution is 7.80. The molecule has 0 amide bonds. The molecule has 1 aromatic carbocycles. The Hall–Kier alpha value is -0.840. The summed E-state index contributed by atoms with van der Waals surface area (Å²) >= 11 is 3.81. The van der Waals surface area contributed by atoms with Crippen LogP contribution in [0.25, 0.3) is 0 Å². The molecular formula is C7H5F3OS. The van der Waals surface area contributed by atoms with E-state index in [1.807, 2.05) is 0 Å². The number of thiol groups is 1. The van der Waals surface area contributed by atoms with E-state index >= 15 is 0 Å². The van der Waals surface area contributed by atoms with Crippen LogP contribution in [-0.2, 0) is 0 Å². The Kier molecular flexibility index (Phi) is 2.86. The third-order valence-electron chi connectivity index (χ3n) is 1.13. The predicted molar refractivity (Wildman–Crippen MR) is 40.3 cm³/mol. The predicted octanol–water partition coefficient (Wildman–Crippen LogP) is 2.72. The van der Waals surface area contributed by atoms with Crippen LogP contribution in [0.2, 0.25) is 0 Å². The average molecular weight is 194 g/mol. The number of rotatable bonds is 2. The molecule has 12 heavy (non-hydrogen) atoms. The Bertz CT molecular complexity index is 277. The van der Waals surface area contributed by atoms with E-state index in [1.54, 1.807) is 0 Å². The first-order valence-electron chi connectivity index (χ1n) is 3.03. The zero-order valence-electron chi connectivity index (χ0n) is 5.80. The Balaban J connectivity index is 2.86. The molecule has 0 unspecified atom stereocenters. The fraction of sp³-hybridized carbons (Fsp3) is 0.143. The second-order valence-corrected chi connectivity index (χ2v) is 2.51. The maximum Gasteiger partial charge on any atom is 0.387 e. The summed E-state index contributed by atoms with van der Waals surface area (Å²) in [5.41, 5.74) is 0. The van der Waals surface area contributed by atoms with Crippen LogP contribution in [0.5, 0.6) is 5.75 Å². The minimum atomic E-state index is -3.01. The van der Waals surface area contributed by atoms with E-state index in [9.17, 15) is 13.2 Å². The van der Waals surface area contributed by atoms with Gasteiger partial charge in [-0.15, -0.1) is 12.6 Å². The number of hydrogen-bond donors (Lipinski definition) is 1. The van der Waals surface area contributed by atoms with Crippen molar-refractivity contribution in [2.75, 3.05) is 0 Å². The molecule has 0 heterocycles. The lowest BCUT2D eigenvalue weighted by atomic mass is 10.3. The second kappa shape index (κ2) is 3.71. The van der Waals surface area contributed by atoms with Gasteiger partial charge < -0.3 is 4.74 Å². The summed E-state index contributed by atoms with van der Waals surface area (Å²) in [6.45, 7) is -3.01. The third-order valence-corrected chi connectivity index (χ3v) is 1.41. The number of ether oxygens (including phenoxy) is 1. The van der Waals surface area contributed by atoms with E-state index in [4.69, 9.17) is 0 Å². The summed E-state index contributed by atoms with van der Waals surface area (Å²) in [6, 6.07) is 3.47. The normalized spacial score (nSPS) is 10.4. The molecule has 1 aromatic rings. The monoisotopic (exact) mass is 194 g/mol. The molecule has 0 saturated carbocycles. The molecule has 0 aromatic heterocycles. The molecule has 0 aliphatic heterocycles. The molecule has 66 valence electrons. The van der Waals surface area contributed by atoms with Crippen LogP contribution in [0.4, 0.5) is 13.2 Å². The van der Waals surface area contributed by atoms with Gasteiger partial charge in [0.1, 0.15) is 0 Å². The highest BCUT2D eigenvalue weighted by Crippen LogP contribution is 2.21. The van der Waals surface area contributed by atoms with Crippen molar-refractivity contribution in [3.8, 4) is 5.75 Å². The molecule has 0 aliphatic carbocycles. The van der Waals surface area contributed by atoms with E-state index in [1.165, 1.54) is 6.07 Å². The fourth-order valence-corrected chi connectivity index (χ4v) is 0.869. The smallest absolute Gasteiger partial charge is 0.387 e. The molecule has 0 radical (unpaired) electrons. The molecule has 1 rings (SSSR count). The largest absolute Gasteiger partial charge is 0.432 e. The van der Waals surface area contributed by atoms with Gasteiger partial charge in [0.05, 0.1) is 0 Å². The summed E-state index contributed by atoms with van der Waals surface area (Å²) in [6.07, 6.45) is 0. The van der Waals surface area contributed by atoms with Crippen LogP contribution in [0.15, 0.2) is 23.1 Å². The molecule has 0 atom stereocenters. The van der Waals surface area contributed by atoms with Crippen molar-refractivity contribution in [3.05, 3.63) is 24.0 Å². The average Bonchev–Trinajstić information content (AvgIpc) is 1.94. The minimum Gasteiger partial charge on any atom is -0.432 e. The third kappa shape index (κ3) is 2.34. The number of alkyl halides is 2. The number of halogens is 3. The quantitative estimate of drug-likeness (QED) is 0.712. The topological polar surface area (TPSA) is 9.23 Å². The minimum absolute atomic E-state index is 0.356. The first-order valence-corrected chi connectivity index (χ1v) is 3.47. The number of hydrogen-bond acceptors (Lipinski definition) is 2. The fourth-order valence-electron chi connectivity index (χ4n) is 0.681. The molecule has 0 N–H and O–H groups in total. The van der Waals surface area contributed by atoms with Gasteiger partial charge in [-0.3, -0.25) is 0 Å². The van der Waals surface area contributed by atoms with Crippen LogP contribution in [0.3, 0.4) is 0 Å². The van der Waals surface area contributed by atoms with Crippen LogP contribution < -0.4 is 4.74 Å². The van der Waals surface area contributed by atoms with E-state index in [0.717, 1.165) is 12.1 Å². The summed E-state index contributed by atoms with van der Waals surface area (Å²) in [5, 5.41) is 0. The van der Waals surface area contributed by atoms with Gasteiger partial charge in [0, 0.05) is 4.90 Å². The van der Waals surface area contributed by atoms with E-state index < -0.39 is 18.2 Å². The molecule has 1 nitrogen and oxygen atoms in total. The van der Waals surface area contributed by atoms with Crippen molar-refractivity contribution in [2.24, 2.45) is 0 Å². The molecular weight excluding hydrogens is 189 g/mol. The lowest BCUT2D eigenvalue weighted by molar-refractivity contribution is -0.0522. The maximum atomic E-state index is 12.7. The van der Waals surface area contributed by atoms with Gasteiger partial charge in [-0.25, -0.2) is 4.39 Å². The zero-order chi connectivity index (χ0) is 9.14. The highest BCUT2D eigenvalue weighted by Gasteiger charge is 2.08. The van der Waals surface area contributed by atoms with Crippen molar-refractivity contribution in [3.63, 3.8) is 0 Å². The molecule has 0 bridgehead atoms.